The number of aromatic nitrogens is 3. The Balaban J connectivity index is 2.05. The van der Waals surface area contributed by atoms with Crippen molar-refractivity contribution in [1.29, 1.82) is 0 Å². The van der Waals surface area contributed by atoms with Crippen molar-refractivity contribution in [2.45, 2.75) is 4.90 Å². The third-order valence-electron chi connectivity index (χ3n) is 4.44. The lowest BCUT2D eigenvalue weighted by atomic mass is 9.96. The molecule has 0 aliphatic carbocycles. The lowest BCUT2D eigenvalue weighted by Gasteiger charge is -2.17. The molecule has 3 heterocycles. The second kappa shape index (κ2) is 7.25. The smallest absolute Gasteiger partial charge is 0.161 e. The summed E-state index contributed by atoms with van der Waals surface area (Å²) in [6.45, 7) is 0. The lowest BCUT2D eigenvalue weighted by molar-refractivity contribution is 0.687. The van der Waals surface area contributed by atoms with Crippen LogP contribution in [0.4, 0.5) is 5.69 Å². The van der Waals surface area contributed by atoms with Gasteiger partial charge in [0.05, 0.1) is 11.4 Å². The van der Waals surface area contributed by atoms with Crippen molar-refractivity contribution < 1.29 is 4.21 Å². The highest BCUT2D eigenvalue weighted by atomic mass is 32.2. The summed E-state index contributed by atoms with van der Waals surface area (Å²) in [7, 11) is 0.886. The van der Waals surface area contributed by atoms with Gasteiger partial charge in [-0.25, -0.2) is 9.97 Å². The summed E-state index contributed by atoms with van der Waals surface area (Å²) in [5.74, 6) is 0. The molecule has 0 spiro atoms. The minimum absolute atomic E-state index is 0.679. The second-order valence-electron chi connectivity index (χ2n) is 6.05. The van der Waals surface area contributed by atoms with E-state index >= 15 is 0 Å². The average Bonchev–Trinajstić information content (AvgIpc) is 2.73. The number of hydrogen-bond donors (Lipinski definition) is 1. The van der Waals surface area contributed by atoms with Crippen LogP contribution >= 0.6 is 0 Å². The van der Waals surface area contributed by atoms with Crippen molar-refractivity contribution in [1.82, 2.24) is 15.0 Å². The molecular formula is C21H18N4OS. The molecule has 134 valence electrons. The summed E-state index contributed by atoms with van der Waals surface area (Å²) in [4.78, 5) is 14.2. The summed E-state index contributed by atoms with van der Waals surface area (Å²) >= 11 is 0. The number of hydrogen-bond acceptors (Lipinski definition) is 5. The van der Waals surface area contributed by atoms with Crippen LogP contribution in [0.5, 0.6) is 0 Å². The van der Waals surface area contributed by atoms with Crippen molar-refractivity contribution in [3.05, 3.63) is 67.1 Å². The molecule has 6 heteroatoms. The molecule has 0 saturated carbocycles. The van der Waals surface area contributed by atoms with Gasteiger partial charge in [-0.05, 0) is 42.0 Å². The molecule has 0 aliphatic heterocycles. The first kappa shape index (κ1) is 17.3. The van der Waals surface area contributed by atoms with Gasteiger partial charge in [-0.1, -0.05) is 12.1 Å². The number of rotatable bonds is 4. The Kier molecular flexibility index (Phi) is 4.64. The third kappa shape index (κ3) is 3.19. The number of pyridine rings is 3. The number of nitrogens with zero attached hydrogens (tertiary/aromatic N) is 3. The summed E-state index contributed by atoms with van der Waals surface area (Å²) in [6, 6.07) is 15.5. The fourth-order valence-electron chi connectivity index (χ4n) is 3.17. The Morgan fingerprint density at radius 1 is 0.926 bits per heavy atom. The molecule has 27 heavy (non-hydrogen) atoms. The zero-order valence-electron chi connectivity index (χ0n) is 15.0. The predicted octanol–water partition coefficient (Wildman–Crippen LogP) is 4.14. The van der Waals surface area contributed by atoms with Crippen molar-refractivity contribution in [2.75, 3.05) is 18.6 Å². The van der Waals surface area contributed by atoms with Crippen molar-refractivity contribution >= 4 is 27.5 Å². The van der Waals surface area contributed by atoms with Crippen LogP contribution in [0.25, 0.3) is 33.4 Å². The van der Waals surface area contributed by atoms with Gasteiger partial charge >= 0.3 is 0 Å². The molecule has 0 amide bonds. The average molecular weight is 374 g/mol. The molecule has 3 aromatic heterocycles. The molecule has 1 atom stereocenters. The lowest BCUT2D eigenvalue weighted by Crippen LogP contribution is -2.00. The van der Waals surface area contributed by atoms with Gasteiger partial charge in [0.2, 0.25) is 0 Å². The van der Waals surface area contributed by atoms with Crippen LogP contribution in [0.3, 0.4) is 0 Å². The van der Waals surface area contributed by atoms with E-state index in [2.05, 4.69) is 15.3 Å². The fourth-order valence-corrected chi connectivity index (χ4v) is 3.69. The summed E-state index contributed by atoms with van der Waals surface area (Å²) in [6.07, 6.45) is 6.97. The Morgan fingerprint density at radius 3 is 2.33 bits per heavy atom. The summed E-state index contributed by atoms with van der Waals surface area (Å²) in [5.41, 5.74) is 5.43. The maximum absolute atomic E-state index is 11.7. The molecule has 1 N–H and O–H groups in total. The predicted molar refractivity (Wildman–Crippen MR) is 110 cm³/mol. The monoisotopic (exact) mass is 374 g/mol. The molecule has 0 bridgehead atoms. The Bertz CT molecular complexity index is 1130. The standard InChI is InChI=1S/C21H18N4OS/c1-22-20-17-4-3-11-24-21(17)25-19(18(20)14-9-12-23-13-10-14)15-5-7-16(8-6-15)27(2)26/h3-13H,1-2H3,(H,22,24,25). The van der Waals surface area contributed by atoms with Crippen LogP contribution in [-0.2, 0) is 10.8 Å². The van der Waals surface area contributed by atoms with Gasteiger partial charge in [-0.3, -0.25) is 9.19 Å². The van der Waals surface area contributed by atoms with E-state index in [0.29, 0.717) is 5.65 Å². The van der Waals surface area contributed by atoms with Crippen LogP contribution < -0.4 is 5.32 Å². The van der Waals surface area contributed by atoms with Crippen LogP contribution in [0, 0.1) is 0 Å². The van der Waals surface area contributed by atoms with Crippen molar-refractivity contribution in [3.8, 4) is 22.4 Å². The number of nitrogens with one attached hydrogen (secondary N) is 1. The van der Waals surface area contributed by atoms with Crippen molar-refractivity contribution in [2.24, 2.45) is 0 Å². The van der Waals surface area contributed by atoms with Gasteiger partial charge in [-0.15, -0.1) is 0 Å². The minimum Gasteiger partial charge on any atom is -0.387 e. The summed E-state index contributed by atoms with van der Waals surface area (Å²) < 4.78 is 11.7. The first-order valence-corrected chi connectivity index (χ1v) is 10.1. The topological polar surface area (TPSA) is 67.8 Å². The van der Waals surface area contributed by atoms with E-state index < -0.39 is 10.8 Å². The molecule has 4 aromatic rings. The molecule has 0 aliphatic rings. The molecule has 0 fully saturated rings. The highest BCUT2D eigenvalue weighted by molar-refractivity contribution is 7.84. The highest BCUT2D eigenvalue weighted by Gasteiger charge is 2.18. The van der Waals surface area contributed by atoms with Crippen LogP contribution in [0.2, 0.25) is 0 Å². The highest BCUT2D eigenvalue weighted by Crippen LogP contribution is 2.40. The number of anilines is 1. The van der Waals surface area contributed by atoms with Crippen molar-refractivity contribution in [3.63, 3.8) is 0 Å². The van der Waals surface area contributed by atoms with E-state index in [4.69, 9.17) is 4.98 Å². The van der Waals surface area contributed by atoms with E-state index in [1.165, 1.54) is 0 Å². The largest absolute Gasteiger partial charge is 0.387 e. The van der Waals surface area contributed by atoms with Gasteiger partial charge in [0.1, 0.15) is 0 Å². The zero-order chi connectivity index (χ0) is 18.8. The first-order valence-electron chi connectivity index (χ1n) is 8.50. The van der Waals surface area contributed by atoms with E-state index in [-0.39, 0.29) is 0 Å². The van der Waals surface area contributed by atoms with E-state index in [1.54, 1.807) is 24.8 Å². The maximum Gasteiger partial charge on any atom is 0.161 e. The first-order chi connectivity index (χ1) is 13.2. The molecule has 4 rings (SSSR count). The second-order valence-corrected chi connectivity index (χ2v) is 7.43. The summed E-state index contributed by atoms with van der Waals surface area (Å²) in [5, 5.41) is 4.29. The molecule has 0 saturated heterocycles. The minimum atomic E-state index is -1.02. The van der Waals surface area contributed by atoms with E-state index in [9.17, 15) is 4.21 Å². The van der Waals surface area contributed by atoms with Gasteiger partial charge < -0.3 is 5.32 Å². The maximum atomic E-state index is 11.7. The van der Waals surface area contributed by atoms with Gasteiger partial charge in [0.15, 0.2) is 5.65 Å². The van der Waals surface area contributed by atoms with E-state index in [0.717, 1.165) is 38.4 Å². The van der Waals surface area contributed by atoms with Gasteiger partial charge in [0.25, 0.3) is 0 Å². The number of benzene rings is 1. The Hall–Kier alpha value is -3.12. The normalized spacial score (nSPS) is 12.1. The van der Waals surface area contributed by atoms with E-state index in [1.807, 2.05) is 55.6 Å². The van der Waals surface area contributed by atoms with Gasteiger partial charge in [0, 0.05) is 64.1 Å². The van der Waals surface area contributed by atoms with Crippen LogP contribution in [0.1, 0.15) is 0 Å². The van der Waals surface area contributed by atoms with Crippen LogP contribution in [-0.4, -0.2) is 32.5 Å². The Morgan fingerprint density at radius 2 is 1.67 bits per heavy atom. The van der Waals surface area contributed by atoms with Crippen LogP contribution in [0.15, 0.2) is 72.0 Å². The third-order valence-corrected chi connectivity index (χ3v) is 5.38. The quantitative estimate of drug-likeness (QED) is 0.581. The molecular weight excluding hydrogens is 356 g/mol. The zero-order valence-corrected chi connectivity index (χ0v) is 15.8. The van der Waals surface area contributed by atoms with Gasteiger partial charge in [-0.2, -0.15) is 0 Å². The molecule has 1 unspecified atom stereocenters. The Labute approximate surface area is 160 Å². The molecule has 0 radical (unpaired) electrons. The number of fused-ring (bicyclic) bond motifs is 1. The SMILES string of the molecule is CNc1c(-c2ccncc2)c(-c2ccc(S(C)=O)cc2)nc2ncccc12. The molecule has 5 nitrogen and oxygen atoms in total. The molecule has 1 aromatic carbocycles. The fraction of sp³-hybridized carbons (Fsp3) is 0.0952.